The number of fused-ring (bicyclic) bond motifs is 1. The Morgan fingerprint density at radius 3 is 2.72 bits per heavy atom. The fourth-order valence-electron chi connectivity index (χ4n) is 3.40. The molecule has 2 heterocycles. The maximum absolute atomic E-state index is 13.4. The van der Waals surface area contributed by atoms with Crippen LogP contribution in [0.2, 0.25) is 0 Å². The summed E-state index contributed by atoms with van der Waals surface area (Å²) in [4.78, 5) is 27.8. The van der Waals surface area contributed by atoms with Crippen LogP contribution in [0.15, 0.2) is 48.5 Å². The summed E-state index contributed by atoms with van der Waals surface area (Å²) < 4.78 is 18.3. The number of hydrogen-bond donors (Lipinski definition) is 0. The van der Waals surface area contributed by atoms with Crippen molar-refractivity contribution in [1.82, 2.24) is 25.1 Å². The molecule has 2 aromatic carbocycles. The summed E-state index contributed by atoms with van der Waals surface area (Å²) in [7, 11) is 1.30. The van der Waals surface area contributed by atoms with Crippen molar-refractivity contribution in [2.24, 2.45) is 0 Å². The van der Waals surface area contributed by atoms with Crippen molar-refractivity contribution in [3.63, 3.8) is 0 Å². The zero-order chi connectivity index (χ0) is 20.4. The second-order valence-electron chi connectivity index (χ2n) is 6.69. The normalized spacial score (nSPS) is 15.7. The molecule has 1 atom stereocenters. The Hall–Kier alpha value is -3.62. The van der Waals surface area contributed by atoms with E-state index in [1.165, 1.54) is 24.1 Å². The van der Waals surface area contributed by atoms with E-state index in [0.717, 1.165) is 15.9 Å². The van der Waals surface area contributed by atoms with Gasteiger partial charge in [0.05, 0.1) is 7.11 Å². The molecule has 1 aliphatic heterocycles. The number of carbonyl (C=O) groups is 2. The van der Waals surface area contributed by atoms with Gasteiger partial charge >= 0.3 is 5.97 Å². The highest BCUT2D eigenvalue weighted by Crippen LogP contribution is 2.24. The predicted molar refractivity (Wildman–Crippen MR) is 99.7 cm³/mol. The molecule has 0 saturated heterocycles. The minimum Gasteiger partial charge on any atom is -0.467 e. The third-order valence-corrected chi connectivity index (χ3v) is 4.85. The summed E-state index contributed by atoms with van der Waals surface area (Å²) in [5.41, 5.74) is 2.45. The fourth-order valence-corrected chi connectivity index (χ4v) is 3.40. The first kappa shape index (κ1) is 18.7. The van der Waals surface area contributed by atoms with E-state index in [4.69, 9.17) is 4.74 Å². The third kappa shape index (κ3) is 3.84. The quantitative estimate of drug-likeness (QED) is 0.624. The van der Waals surface area contributed by atoms with Gasteiger partial charge in [0.15, 0.2) is 0 Å². The van der Waals surface area contributed by atoms with Gasteiger partial charge in [-0.05, 0) is 28.5 Å². The number of amides is 1. The maximum Gasteiger partial charge on any atom is 0.328 e. The van der Waals surface area contributed by atoms with Crippen LogP contribution in [0.3, 0.4) is 0 Å². The van der Waals surface area contributed by atoms with E-state index >= 15 is 0 Å². The zero-order valence-electron chi connectivity index (χ0n) is 15.7. The highest BCUT2D eigenvalue weighted by Gasteiger charge is 2.35. The van der Waals surface area contributed by atoms with E-state index in [1.54, 1.807) is 12.1 Å². The third-order valence-electron chi connectivity index (χ3n) is 4.85. The first-order valence-electron chi connectivity index (χ1n) is 9.03. The lowest BCUT2D eigenvalue weighted by Crippen LogP contribution is -2.50. The lowest BCUT2D eigenvalue weighted by Gasteiger charge is -2.35. The van der Waals surface area contributed by atoms with Gasteiger partial charge in [-0.1, -0.05) is 36.4 Å². The van der Waals surface area contributed by atoms with Crippen molar-refractivity contribution >= 4 is 11.9 Å². The molecule has 9 heteroatoms. The first-order valence-corrected chi connectivity index (χ1v) is 9.03. The topological polar surface area (TPSA) is 90.2 Å². The number of tetrazole rings is 1. The number of ether oxygens (including phenoxy) is 1. The molecule has 8 nitrogen and oxygen atoms in total. The highest BCUT2D eigenvalue weighted by atomic mass is 19.1. The van der Waals surface area contributed by atoms with Crippen LogP contribution < -0.4 is 0 Å². The number of halogens is 1. The van der Waals surface area contributed by atoms with Crippen LogP contribution in [0.25, 0.3) is 11.4 Å². The van der Waals surface area contributed by atoms with Crippen LogP contribution in [0, 0.1) is 5.82 Å². The lowest BCUT2D eigenvalue weighted by molar-refractivity contribution is -0.154. The van der Waals surface area contributed by atoms with Crippen LogP contribution in [0.5, 0.6) is 0 Å². The number of methoxy groups -OCH3 is 1. The number of esters is 1. The van der Waals surface area contributed by atoms with Crippen molar-refractivity contribution in [3.8, 4) is 11.4 Å². The molecule has 1 amide bonds. The molecular formula is C20H18FN5O3. The molecule has 148 valence electrons. The van der Waals surface area contributed by atoms with Gasteiger partial charge in [-0.3, -0.25) is 4.79 Å². The smallest absolute Gasteiger partial charge is 0.328 e. The largest absolute Gasteiger partial charge is 0.467 e. The van der Waals surface area contributed by atoms with Crippen molar-refractivity contribution in [1.29, 1.82) is 0 Å². The summed E-state index contributed by atoms with van der Waals surface area (Å²) in [6, 6.07) is 12.8. The van der Waals surface area contributed by atoms with E-state index < -0.39 is 17.8 Å². The van der Waals surface area contributed by atoms with Gasteiger partial charge in [0.25, 0.3) is 0 Å². The Balaban J connectivity index is 1.55. The zero-order valence-corrected chi connectivity index (χ0v) is 15.7. The lowest BCUT2D eigenvalue weighted by atomic mass is 9.94. The van der Waals surface area contributed by atoms with Crippen LogP contribution >= 0.6 is 0 Å². The summed E-state index contributed by atoms with van der Waals surface area (Å²) in [5.74, 6) is -1.01. The SMILES string of the molecule is COC(=O)[C@H]1Cc2ccccc2CN1C(=O)Cn1nnc(-c2cccc(F)c2)n1. The van der Waals surface area contributed by atoms with E-state index in [1.807, 2.05) is 24.3 Å². The predicted octanol–water partition coefficient (Wildman–Crippen LogP) is 1.61. The standard InChI is InChI=1S/C20H18FN5O3/c1-29-20(28)17-10-13-5-2-3-6-15(13)11-25(17)18(27)12-26-23-19(22-24-26)14-7-4-8-16(21)9-14/h2-9,17H,10-12H2,1H3/t17-/m1/s1. The monoisotopic (exact) mass is 395 g/mol. The summed E-state index contributed by atoms with van der Waals surface area (Å²) in [6.07, 6.45) is 0.383. The number of carbonyl (C=O) groups excluding carboxylic acids is 2. The van der Waals surface area contributed by atoms with Crippen LogP contribution in [0.4, 0.5) is 4.39 Å². The van der Waals surface area contributed by atoms with Crippen molar-refractivity contribution in [3.05, 3.63) is 65.5 Å². The fraction of sp³-hybridized carbons (Fsp3) is 0.250. The minimum absolute atomic E-state index is 0.196. The minimum atomic E-state index is -0.714. The van der Waals surface area contributed by atoms with E-state index in [-0.39, 0.29) is 18.3 Å². The maximum atomic E-state index is 13.4. The number of benzene rings is 2. The summed E-state index contributed by atoms with van der Waals surface area (Å²) >= 11 is 0. The van der Waals surface area contributed by atoms with Gasteiger partial charge in [-0.25, -0.2) is 9.18 Å². The van der Waals surface area contributed by atoms with Crippen molar-refractivity contribution in [2.75, 3.05) is 7.11 Å². The molecule has 0 bridgehead atoms. The molecule has 1 aromatic heterocycles. The number of hydrogen-bond acceptors (Lipinski definition) is 6. The Kier molecular flexibility index (Phi) is 5.03. The van der Waals surface area contributed by atoms with E-state index in [0.29, 0.717) is 18.5 Å². The molecule has 0 fully saturated rings. The molecule has 1 aliphatic rings. The molecule has 3 aromatic rings. The van der Waals surface area contributed by atoms with Gasteiger partial charge in [0, 0.05) is 18.5 Å². The average Bonchev–Trinajstić information content (AvgIpc) is 3.20. The number of rotatable bonds is 4. The van der Waals surface area contributed by atoms with Crippen molar-refractivity contribution < 1.29 is 18.7 Å². The van der Waals surface area contributed by atoms with E-state index in [2.05, 4.69) is 15.4 Å². The molecule has 0 aliphatic carbocycles. The molecule has 29 heavy (non-hydrogen) atoms. The average molecular weight is 395 g/mol. The Morgan fingerprint density at radius 1 is 1.17 bits per heavy atom. The second kappa shape index (κ2) is 7.78. The molecule has 0 spiro atoms. The summed E-state index contributed by atoms with van der Waals surface area (Å²) in [6.45, 7) is 0.0954. The van der Waals surface area contributed by atoms with Gasteiger partial charge < -0.3 is 9.64 Å². The molecule has 0 unspecified atom stereocenters. The number of aromatic nitrogens is 4. The molecule has 4 rings (SSSR count). The Bertz CT molecular complexity index is 1070. The van der Waals surface area contributed by atoms with Gasteiger partial charge in [0.1, 0.15) is 18.4 Å². The first-order chi connectivity index (χ1) is 14.0. The Labute approximate surface area is 165 Å². The van der Waals surface area contributed by atoms with Gasteiger partial charge in [0.2, 0.25) is 11.7 Å². The van der Waals surface area contributed by atoms with Gasteiger partial charge in [-0.15, -0.1) is 10.2 Å². The Morgan fingerprint density at radius 2 is 1.97 bits per heavy atom. The second-order valence-corrected chi connectivity index (χ2v) is 6.69. The van der Waals surface area contributed by atoms with E-state index in [9.17, 15) is 14.0 Å². The van der Waals surface area contributed by atoms with Crippen LogP contribution in [-0.4, -0.2) is 50.1 Å². The van der Waals surface area contributed by atoms with Crippen LogP contribution in [-0.2, 0) is 33.8 Å². The van der Waals surface area contributed by atoms with Crippen LogP contribution in [0.1, 0.15) is 11.1 Å². The van der Waals surface area contributed by atoms with Crippen molar-refractivity contribution in [2.45, 2.75) is 25.6 Å². The highest BCUT2D eigenvalue weighted by molar-refractivity contribution is 5.85. The molecule has 0 radical (unpaired) electrons. The number of nitrogens with zero attached hydrogens (tertiary/aromatic N) is 5. The molecule has 0 N–H and O–H groups in total. The molecular weight excluding hydrogens is 377 g/mol. The molecule has 0 saturated carbocycles. The van der Waals surface area contributed by atoms with Gasteiger partial charge in [-0.2, -0.15) is 4.80 Å². The summed E-state index contributed by atoms with van der Waals surface area (Å²) in [5, 5.41) is 11.9.